The molecule has 210 valence electrons. The van der Waals surface area contributed by atoms with Gasteiger partial charge in [0.2, 0.25) is 6.29 Å². The quantitative estimate of drug-likeness (QED) is 0.307. The van der Waals surface area contributed by atoms with Gasteiger partial charge in [-0.25, -0.2) is 4.79 Å². The Kier molecular flexibility index (Phi) is 7.72. The van der Waals surface area contributed by atoms with Crippen molar-refractivity contribution in [2.75, 3.05) is 39.5 Å². The number of hydrogen-bond acceptors (Lipinski definition) is 7. The maximum atomic E-state index is 13.7. The van der Waals surface area contributed by atoms with Crippen LogP contribution in [0.2, 0.25) is 0 Å². The number of rotatable bonds is 9. The highest BCUT2D eigenvalue weighted by atomic mass is 16.7. The summed E-state index contributed by atoms with van der Waals surface area (Å²) >= 11 is 0. The van der Waals surface area contributed by atoms with Crippen LogP contribution in [-0.2, 0) is 19.0 Å². The minimum absolute atomic E-state index is 0.00833. The van der Waals surface area contributed by atoms with Crippen molar-refractivity contribution in [3.8, 4) is 0 Å². The molecule has 1 fully saturated rings. The first-order valence-corrected chi connectivity index (χ1v) is 13.8. The number of hydrogen-bond donors (Lipinski definition) is 2. The molecule has 2 atom stereocenters. The minimum Gasteiger partial charge on any atom is -0.464 e. The van der Waals surface area contributed by atoms with E-state index in [4.69, 9.17) is 23.7 Å². The molecule has 2 N–H and O–H groups in total. The van der Waals surface area contributed by atoms with Crippen molar-refractivity contribution in [2.24, 2.45) is 0 Å². The molecule has 2 aliphatic rings. The van der Waals surface area contributed by atoms with Gasteiger partial charge in [-0.15, -0.1) is 0 Å². The van der Waals surface area contributed by atoms with E-state index in [1.54, 1.807) is 11.2 Å². The third-order valence-corrected chi connectivity index (χ3v) is 7.69. The highest BCUT2D eigenvalue weighted by Crippen LogP contribution is 2.37. The van der Waals surface area contributed by atoms with Gasteiger partial charge in [0.05, 0.1) is 43.7 Å². The number of allylic oxidation sites excluding steroid dienone is 1. The van der Waals surface area contributed by atoms with Crippen LogP contribution < -0.4 is 5.69 Å². The SMILES string of the molecule is O=C(C1=C[C@@H](c2coc3ccccc23)C[C@@H](OCCOCCO)O1)N1CCC(n2c(=O)[nH]c3ccccc32)CC1. The average molecular weight is 548 g/mol. The number of fused-ring (bicyclic) bond motifs is 2. The molecular formula is C30H33N3O7. The molecule has 0 spiro atoms. The molecule has 0 aliphatic carbocycles. The van der Waals surface area contributed by atoms with E-state index in [9.17, 15) is 9.59 Å². The van der Waals surface area contributed by atoms with Crippen LogP contribution in [0.5, 0.6) is 0 Å². The van der Waals surface area contributed by atoms with Crippen molar-refractivity contribution >= 4 is 27.9 Å². The van der Waals surface area contributed by atoms with Crippen molar-refractivity contribution in [2.45, 2.75) is 37.5 Å². The molecule has 2 aromatic carbocycles. The Bertz CT molecular complexity index is 1560. The molecule has 1 saturated heterocycles. The molecule has 0 radical (unpaired) electrons. The van der Waals surface area contributed by atoms with Gasteiger partial charge in [-0.1, -0.05) is 30.3 Å². The van der Waals surface area contributed by atoms with Crippen LogP contribution in [0.4, 0.5) is 0 Å². The van der Waals surface area contributed by atoms with Gasteiger partial charge >= 0.3 is 5.69 Å². The number of carbonyl (C=O) groups excluding carboxylic acids is 1. The summed E-state index contributed by atoms with van der Waals surface area (Å²) in [5.41, 5.74) is 3.34. The number of aliphatic hydroxyl groups is 1. The normalized spacial score (nSPS) is 20.1. The number of nitrogens with zero attached hydrogens (tertiary/aromatic N) is 2. The van der Waals surface area contributed by atoms with Crippen molar-refractivity contribution < 1.29 is 28.5 Å². The van der Waals surface area contributed by atoms with E-state index in [0.717, 1.165) is 27.6 Å². The Labute approximate surface area is 230 Å². The smallest absolute Gasteiger partial charge is 0.326 e. The number of benzene rings is 2. The Hall–Kier alpha value is -3.86. The van der Waals surface area contributed by atoms with Gasteiger partial charge in [0.25, 0.3) is 5.91 Å². The number of carbonyl (C=O) groups is 1. The number of H-pyrrole nitrogens is 1. The van der Waals surface area contributed by atoms with Gasteiger partial charge in [-0.05, 0) is 37.1 Å². The largest absolute Gasteiger partial charge is 0.464 e. The molecule has 2 aromatic heterocycles. The fourth-order valence-corrected chi connectivity index (χ4v) is 5.74. The second-order valence-electron chi connectivity index (χ2n) is 10.2. The summed E-state index contributed by atoms with van der Waals surface area (Å²) in [6.45, 7) is 1.79. The molecule has 10 nitrogen and oxygen atoms in total. The fraction of sp³-hybridized carbons (Fsp3) is 0.400. The maximum absolute atomic E-state index is 13.7. The van der Waals surface area contributed by atoms with Crippen LogP contribution in [0.3, 0.4) is 0 Å². The number of para-hydroxylation sites is 3. The summed E-state index contributed by atoms with van der Waals surface area (Å²) in [7, 11) is 0. The minimum atomic E-state index is -0.636. The number of aromatic amines is 1. The lowest BCUT2D eigenvalue weighted by Crippen LogP contribution is -2.42. The van der Waals surface area contributed by atoms with Gasteiger partial charge in [-0.3, -0.25) is 9.36 Å². The lowest BCUT2D eigenvalue weighted by molar-refractivity contribution is -0.157. The maximum Gasteiger partial charge on any atom is 0.326 e. The number of amides is 1. The third-order valence-electron chi connectivity index (χ3n) is 7.69. The van der Waals surface area contributed by atoms with Crippen LogP contribution in [0.15, 0.2) is 75.8 Å². The molecule has 0 bridgehead atoms. The molecule has 2 aliphatic heterocycles. The highest BCUT2D eigenvalue weighted by Gasteiger charge is 2.34. The van der Waals surface area contributed by atoms with E-state index in [0.29, 0.717) is 39.0 Å². The summed E-state index contributed by atoms with van der Waals surface area (Å²) in [4.78, 5) is 31.1. The number of imidazole rings is 1. The number of likely N-dealkylation sites (tertiary alicyclic amines) is 1. The Morgan fingerprint density at radius 2 is 1.85 bits per heavy atom. The van der Waals surface area contributed by atoms with Crippen LogP contribution in [0.1, 0.15) is 36.8 Å². The van der Waals surface area contributed by atoms with E-state index < -0.39 is 6.29 Å². The first kappa shape index (κ1) is 26.4. The number of nitrogens with one attached hydrogen (secondary N) is 1. The third kappa shape index (κ3) is 5.30. The Balaban J connectivity index is 1.18. The Morgan fingerprint density at radius 1 is 1.05 bits per heavy atom. The van der Waals surface area contributed by atoms with E-state index in [2.05, 4.69) is 4.98 Å². The summed E-state index contributed by atoms with van der Waals surface area (Å²) in [5, 5.41) is 9.92. The first-order chi connectivity index (χ1) is 19.6. The number of piperidine rings is 1. The van der Waals surface area contributed by atoms with Crippen LogP contribution >= 0.6 is 0 Å². The van der Waals surface area contributed by atoms with Gasteiger partial charge in [0.1, 0.15) is 5.58 Å². The average Bonchev–Trinajstić information content (AvgIpc) is 3.57. The highest BCUT2D eigenvalue weighted by molar-refractivity contribution is 5.92. The zero-order valence-corrected chi connectivity index (χ0v) is 22.2. The fourth-order valence-electron chi connectivity index (χ4n) is 5.74. The topological polar surface area (TPSA) is 119 Å². The zero-order chi connectivity index (χ0) is 27.5. The summed E-state index contributed by atoms with van der Waals surface area (Å²) < 4.78 is 24.9. The van der Waals surface area contributed by atoms with Crippen molar-refractivity contribution in [3.05, 3.63) is 82.7 Å². The van der Waals surface area contributed by atoms with Crippen LogP contribution in [0, 0.1) is 0 Å². The predicted molar refractivity (Wildman–Crippen MR) is 148 cm³/mol. The first-order valence-electron chi connectivity index (χ1n) is 13.8. The van der Waals surface area contributed by atoms with E-state index in [1.807, 2.05) is 59.2 Å². The Morgan fingerprint density at radius 3 is 2.70 bits per heavy atom. The van der Waals surface area contributed by atoms with Gasteiger partial charge in [0, 0.05) is 42.4 Å². The second-order valence-corrected chi connectivity index (χ2v) is 10.2. The van der Waals surface area contributed by atoms with Crippen LogP contribution in [0.25, 0.3) is 22.0 Å². The zero-order valence-electron chi connectivity index (χ0n) is 22.2. The van der Waals surface area contributed by atoms with Gasteiger partial charge < -0.3 is 33.6 Å². The second kappa shape index (κ2) is 11.7. The molecule has 10 heteroatoms. The molecule has 6 rings (SSSR count). The number of aliphatic hydroxyl groups excluding tert-OH is 1. The standard InChI is InChI=1S/C30H33N3O7/c34-13-14-37-15-16-38-28-18-20(23-19-39-26-8-4-1-5-22(23)26)17-27(40-28)29(35)32-11-9-21(10-12-32)33-25-7-3-2-6-24(25)31-30(33)36/h1-8,17,19-21,28,34H,9-16,18H2,(H,31,36)/t20-,28+/m1/s1. The van der Waals surface area contributed by atoms with Gasteiger partial charge in [-0.2, -0.15) is 0 Å². The molecule has 0 saturated carbocycles. The molecule has 1 amide bonds. The molecule has 4 aromatic rings. The monoisotopic (exact) mass is 547 g/mol. The van der Waals surface area contributed by atoms with Crippen molar-refractivity contribution in [1.29, 1.82) is 0 Å². The lowest BCUT2D eigenvalue weighted by Gasteiger charge is -2.35. The van der Waals surface area contributed by atoms with E-state index >= 15 is 0 Å². The van der Waals surface area contributed by atoms with E-state index in [1.165, 1.54) is 0 Å². The summed E-state index contributed by atoms with van der Waals surface area (Å²) in [5.74, 6) is -0.0695. The van der Waals surface area contributed by atoms with Gasteiger partial charge in [0.15, 0.2) is 5.76 Å². The molecular weight excluding hydrogens is 514 g/mol. The summed E-state index contributed by atoms with van der Waals surface area (Å²) in [6.07, 6.45) is 4.83. The summed E-state index contributed by atoms with van der Waals surface area (Å²) in [6, 6.07) is 15.5. The van der Waals surface area contributed by atoms with Crippen LogP contribution in [-0.4, -0.2) is 71.3 Å². The van der Waals surface area contributed by atoms with Crippen molar-refractivity contribution in [3.63, 3.8) is 0 Å². The molecule has 0 unspecified atom stereocenters. The molecule has 4 heterocycles. The lowest BCUT2D eigenvalue weighted by atomic mass is 9.92. The van der Waals surface area contributed by atoms with Crippen molar-refractivity contribution in [1.82, 2.24) is 14.5 Å². The number of aromatic nitrogens is 2. The van der Waals surface area contributed by atoms with E-state index in [-0.39, 0.29) is 49.1 Å². The number of furan rings is 1. The molecule has 40 heavy (non-hydrogen) atoms. The number of ether oxygens (including phenoxy) is 3. The predicted octanol–water partition coefficient (Wildman–Crippen LogP) is 3.68.